The van der Waals surface area contributed by atoms with Crippen molar-refractivity contribution in [3.63, 3.8) is 0 Å². The Kier molecular flexibility index (Phi) is 5.76. The molecule has 136 valence electrons. The Morgan fingerprint density at radius 2 is 2.00 bits per heavy atom. The molecule has 0 radical (unpaired) electrons. The van der Waals surface area contributed by atoms with Crippen LogP contribution in [0.5, 0.6) is 0 Å². The Labute approximate surface area is 152 Å². The summed E-state index contributed by atoms with van der Waals surface area (Å²) >= 11 is 1.32. The van der Waals surface area contributed by atoms with E-state index in [0.29, 0.717) is 16.7 Å². The van der Waals surface area contributed by atoms with Crippen molar-refractivity contribution in [3.8, 4) is 0 Å². The number of hydrogen-bond donors (Lipinski definition) is 1. The summed E-state index contributed by atoms with van der Waals surface area (Å²) in [6, 6.07) is 5.69. The van der Waals surface area contributed by atoms with Crippen LogP contribution in [0.25, 0.3) is 0 Å². The van der Waals surface area contributed by atoms with Gasteiger partial charge in [-0.15, -0.1) is 11.3 Å². The molecule has 2 aromatic heterocycles. The zero-order valence-corrected chi connectivity index (χ0v) is 16.0. The zero-order valence-electron chi connectivity index (χ0n) is 14.4. The minimum absolute atomic E-state index is 0.00427. The number of likely N-dealkylation sites (tertiary alicyclic amines) is 1. The summed E-state index contributed by atoms with van der Waals surface area (Å²) in [5.74, 6) is 0.623. The number of nitrogens with one attached hydrogen (secondary N) is 1. The highest BCUT2D eigenvalue weighted by atomic mass is 32.2. The molecule has 1 N–H and O–H groups in total. The van der Waals surface area contributed by atoms with Crippen LogP contribution in [0.15, 0.2) is 38.8 Å². The van der Waals surface area contributed by atoms with E-state index in [1.54, 1.807) is 6.20 Å². The zero-order chi connectivity index (χ0) is 17.9. The third-order valence-electron chi connectivity index (χ3n) is 4.87. The fourth-order valence-electron chi connectivity index (χ4n) is 3.45. The maximum Gasteiger partial charge on any atom is 0.252 e. The smallest absolute Gasteiger partial charge is 0.252 e. The van der Waals surface area contributed by atoms with Gasteiger partial charge in [-0.05, 0) is 67.8 Å². The van der Waals surface area contributed by atoms with E-state index in [1.807, 2.05) is 23.6 Å². The van der Waals surface area contributed by atoms with Crippen molar-refractivity contribution in [2.24, 2.45) is 5.92 Å². The summed E-state index contributed by atoms with van der Waals surface area (Å²) in [6.07, 6.45) is 7.00. The van der Waals surface area contributed by atoms with Gasteiger partial charge in [0.15, 0.2) is 9.84 Å². The van der Waals surface area contributed by atoms with Crippen LogP contribution < -0.4 is 5.56 Å². The van der Waals surface area contributed by atoms with Crippen molar-refractivity contribution in [1.82, 2.24) is 9.88 Å². The minimum atomic E-state index is -3.11. The number of piperidine rings is 1. The summed E-state index contributed by atoms with van der Waals surface area (Å²) in [5, 5.41) is 1.87. The summed E-state index contributed by atoms with van der Waals surface area (Å²) in [7, 11) is -3.11. The molecule has 0 unspecified atom stereocenters. The van der Waals surface area contributed by atoms with E-state index in [-0.39, 0.29) is 5.56 Å². The van der Waals surface area contributed by atoms with E-state index < -0.39 is 9.84 Å². The lowest BCUT2D eigenvalue weighted by molar-refractivity contribution is 0.172. The highest BCUT2D eigenvalue weighted by Gasteiger charge is 2.21. The number of thiophene rings is 1. The van der Waals surface area contributed by atoms with Crippen molar-refractivity contribution < 1.29 is 8.42 Å². The molecule has 0 aromatic carbocycles. The van der Waals surface area contributed by atoms with E-state index >= 15 is 0 Å². The van der Waals surface area contributed by atoms with Gasteiger partial charge in [-0.1, -0.05) is 6.07 Å². The molecule has 1 fully saturated rings. The lowest BCUT2D eigenvalue weighted by Gasteiger charge is -2.31. The van der Waals surface area contributed by atoms with Gasteiger partial charge < -0.3 is 4.98 Å². The molecule has 5 nitrogen and oxygen atoms in total. The largest absolute Gasteiger partial charge is 0.329 e. The van der Waals surface area contributed by atoms with Gasteiger partial charge in [0.05, 0.1) is 0 Å². The van der Waals surface area contributed by atoms with Crippen LogP contribution in [-0.4, -0.2) is 37.6 Å². The molecule has 1 aliphatic rings. The van der Waals surface area contributed by atoms with Crippen LogP contribution in [0, 0.1) is 5.92 Å². The Bertz CT molecular complexity index is 862. The topological polar surface area (TPSA) is 70.2 Å². The second-order valence-corrected chi connectivity index (χ2v) is 9.92. The highest BCUT2D eigenvalue weighted by molar-refractivity contribution is 7.92. The Balaban J connectivity index is 1.50. The molecular formula is C18H24N2O3S2. The number of nitrogens with zero attached hydrogens (tertiary/aromatic N) is 1. The van der Waals surface area contributed by atoms with Crippen molar-refractivity contribution in [2.75, 3.05) is 19.3 Å². The minimum Gasteiger partial charge on any atom is -0.329 e. The van der Waals surface area contributed by atoms with Crippen molar-refractivity contribution in [1.29, 1.82) is 0 Å². The summed E-state index contributed by atoms with van der Waals surface area (Å²) < 4.78 is 24.1. The van der Waals surface area contributed by atoms with Crippen LogP contribution in [0.2, 0.25) is 0 Å². The first-order chi connectivity index (χ1) is 11.9. The molecule has 0 bridgehead atoms. The molecule has 7 heteroatoms. The molecule has 0 atom stereocenters. The quantitative estimate of drug-likeness (QED) is 0.836. The van der Waals surface area contributed by atoms with E-state index in [0.717, 1.165) is 49.9 Å². The van der Waals surface area contributed by atoms with Crippen LogP contribution in [-0.2, 0) is 22.8 Å². The molecule has 0 spiro atoms. The summed E-state index contributed by atoms with van der Waals surface area (Å²) in [5.41, 5.74) is 1.78. The molecule has 0 aliphatic carbocycles. The van der Waals surface area contributed by atoms with Gasteiger partial charge >= 0.3 is 0 Å². The standard InChI is InChI=1S/C18H24N2O3S2/c1-25(22,23)18-15(8-12-24-18)5-4-14-6-10-20(11-7-14)13-16-3-2-9-19-17(16)21/h2-3,8-9,12,14H,4-7,10-11,13H2,1H3,(H,19,21). The van der Waals surface area contributed by atoms with Crippen LogP contribution >= 0.6 is 11.3 Å². The van der Waals surface area contributed by atoms with E-state index in [2.05, 4.69) is 9.88 Å². The molecular weight excluding hydrogens is 356 g/mol. The van der Waals surface area contributed by atoms with Crippen molar-refractivity contribution >= 4 is 21.2 Å². The SMILES string of the molecule is CS(=O)(=O)c1sccc1CCC1CCN(Cc2ccc[nH]c2=O)CC1. The van der Waals surface area contributed by atoms with Gasteiger partial charge in [-0.2, -0.15) is 0 Å². The molecule has 3 rings (SSSR count). The van der Waals surface area contributed by atoms with Gasteiger partial charge in [0.2, 0.25) is 0 Å². The Morgan fingerprint density at radius 3 is 2.68 bits per heavy atom. The molecule has 25 heavy (non-hydrogen) atoms. The maximum absolute atomic E-state index is 11.8. The first kappa shape index (κ1) is 18.4. The lowest BCUT2D eigenvalue weighted by atomic mass is 9.91. The first-order valence-electron chi connectivity index (χ1n) is 8.59. The van der Waals surface area contributed by atoms with Gasteiger partial charge in [0.1, 0.15) is 4.21 Å². The van der Waals surface area contributed by atoms with E-state index in [1.165, 1.54) is 17.6 Å². The normalized spacial score (nSPS) is 17.0. The Morgan fingerprint density at radius 1 is 1.24 bits per heavy atom. The molecule has 2 aromatic rings. The number of aromatic amines is 1. The average molecular weight is 381 g/mol. The van der Waals surface area contributed by atoms with Crippen LogP contribution in [0.1, 0.15) is 30.4 Å². The number of hydrogen-bond acceptors (Lipinski definition) is 5. The molecule has 0 saturated carbocycles. The number of pyridine rings is 1. The van der Waals surface area contributed by atoms with E-state index in [4.69, 9.17) is 0 Å². The Hall–Kier alpha value is -1.44. The fraction of sp³-hybridized carbons (Fsp3) is 0.500. The van der Waals surface area contributed by atoms with Crippen molar-refractivity contribution in [2.45, 2.75) is 36.4 Å². The average Bonchev–Trinajstić information content (AvgIpc) is 3.05. The second-order valence-electron chi connectivity index (χ2n) is 6.79. The van der Waals surface area contributed by atoms with Crippen molar-refractivity contribution in [3.05, 3.63) is 51.3 Å². The second kappa shape index (κ2) is 7.85. The number of aryl methyl sites for hydroxylation is 1. The van der Waals surface area contributed by atoms with Crippen LogP contribution in [0.4, 0.5) is 0 Å². The summed E-state index contributed by atoms with van der Waals surface area (Å²) in [4.78, 5) is 16.8. The molecule has 1 saturated heterocycles. The van der Waals surface area contributed by atoms with E-state index in [9.17, 15) is 13.2 Å². The number of aromatic nitrogens is 1. The molecule has 0 amide bonds. The van der Waals surface area contributed by atoms with Gasteiger partial charge in [-0.3, -0.25) is 9.69 Å². The third-order valence-corrected chi connectivity index (χ3v) is 7.75. The highest BCUT2D eigenvalue weighted by Crippen LogP contribution is 2.28. The van der Waals surface area contributed by atoms with Gasteiger partial charge in [0.25, 0.3) is 5.56 Å². The maximum atomic E-state index is 11.8. The van der Waals surface area contributed by atoms with Crippen LogP contribution in [0.3, 0.4) is 0 Å². The van der Waals surface area contributed by atoms with Gasteiger partial charge in [0, 0.05) is 24.6 Å². The fourth-order valence-corrected chi connectivity index (χ4v) is 5.64. The number of rotatable bonds is 6. The molecule has 3 heterocycles. The lowest BCUT2D eigenvalue weighted by Crippen LogP contribution is -2.35. The first-order valence-corrected chi connectivity index (χ1v) is 11.4. The van der Waals surface area contributed by atoms with Gasteiger partial charge in [-0.25, -0.2) is 8.42 Å². The third kappa shape index (κ3) is 4.80. The number of H-pyrrole nitrogens is 1. The predicted octanol–water partition coefficient (Wildman–Crippen LogP) is 2.68. The predicted molar refractivity (Wildman–Crippen MR) is 101 cm³/mol. The molecule has 1 aliphatic heterocycles. The summed E-state index contributed by atoms with van der Waals surface area (Å²) in [6.45, 7) is 2.68. The monoisotopic (exact) mass is 380 g/mol. The number of sulfone groups is 1.